The van der Waals surface area contributed by atoms with Gasteiger partial charge in [0.2, 0.25) is 11.7 Å². The molecular weight excluding hydrogens is 378 g/mol. The molecular formula is C23H21N5O2. The van der Waals surface area contributed by atoms with Crippen LogP contribution in [-0.2, 0) is 0 Å². The number of nitrogens with zero attached hydrogens (tertiary/aromatic N) is 4. The minimum atomic E-state index is -0.182. The molecule has 1 aliphatic carbocycles. The molecule has 30 heavy (non-hydrogen) atoms. The lowest BCUT2D eigenvalue weighted by Gasteiger charge is -2.04. The molecule has 1 aliphatic rings. The van der Waals surface area contributed by atoms with Crippen molar-refractivity contribution in [3.63, 3.8) is 0 Å². The third-order valence-electron chi connectivity index (χ3n) is 5.21. The van der Waals surface area contributed by atoms with Crippen LogP contribution in [0.2, 0.25) is 0 Å². The number of anilines is 1. The van der Waals surface area contributed by atoms with Crippen molar-refractivity contribution in [3.05, 3.63) is 77.4 Å². The van der Waals surface area contributed by atoms with Gasteiger partial charge >= 0.3 is 0 Å². The van der Waals surface area contributed by atoms with Crippen LogP contribution in [0.3, 0.4) is 0 Å². The predicted octanol–water partition coefficient (Wildman–Crippen LogP) is 4.67. The second kappa shape index (κ2) is 7.26. The molecule has 0 unspecified atom stereocenters. The number of carbonyl (C=O) groups is 1. The van der Waals surface area contributed by atoms with Crippen molar-refractivity contribution in [2.45, 2.75) is 32.6 Å². The van der Waals surface area contributed by atoms with E-state index in [0.29, 0.717) is 23.0 Å². The summed E-state index contributed by atoms with van der Waals surface area (Å²) in [4.78, 5) is 17.2. The molecule has 2 aromatic heterocycles. The van der Waals surface area contributed by atoms with Crippen molar-refractivity contribution in [2.24, 2.45) is 0 Å². The van der Waals surface area contributed by atoms with Gasteiger partial charge in [0.05, 0.1) is 16.9 Å². The first-order chi connectivity index (χ1) is 14.6. The van der Waals surface area contributed by atoms with Gasteiger partial charge in [-0.05, 0) is 63.1 Å². The Hall–Kier alpha value is -3.74. The number of rotatable bonds is 5. The summed E-state index contributed by atoms with van der Waals surface area (Å²) < 4.78 is 7.04. The SMILES string of the molecule is Cc1ccc(NC(=O)c2cn(-c3ccc(-c4noc(C5CC5)n4)cc3)nc2C)cc1. The van der Waals surface area contributed by atoms with Gasteiger partial charge in [-0.1, -0.05) is 22.9 Å². The molecule has 2 aromatic carbocycles. The van der Waals surface area contributed by atoms with Crippen LogP contribution in [0.25, 0.3) is 17.1 Å². The zero-order valence-electron chi connectivity index (χ0n) is 16.8. The van der Waals surface area contributed by atoms with E-state index in [4.69, 9.17) is 4.52 Å². The van der Waals surface area contributed by atoms with E-state index < -0.39 is 0 Å². The lowest BCUT2D eigenvalue weighted by Crippen LogP contribution is -2.12. The van der Waals surface area contributed by atoms with Crippen molar-refractivity contribution in [2.75, 3.05) is 5.32 Å². The van der Waals surface area contributed by atoms with Crippen molar-refractivity contribution in [1.29, 1.82) is 0 Å². The lowest BCUT2D eigenvalue weighted by molar-refractivity contribution is 0.102. The molecule has 0 aliphatic heterocycles. The van der Waals surface area contributed by atoms with Crippen LogP contribution in [0.15, 0.2) is 59.3 Å². The second-order valence-electron chi connectivity index (χ2n) is 7.67. The van der Waals surface area contributed by atoms with Crippen LogP contribution in [-0.4, -0.2) is 25.8 Å². The number of hydrogen-bond donors (Lipinski definition) is 1. The molecule has 1 fully saturated rings. The summed E-state index contributed by atoms with van der Waals surface area (Å²) in [6.45, 7) is 3.84. The van der Waals surface area contributed by atoms with Gasteiger partial charge < -0.3 is 9.84 Å². The first-order valence-corrected chi connectivity index (χ1v) is 9.95. The van der Waals surface area contributed by atoms with Gasteiger partial charge in [0, 0.05) is 23.4 Å². The highest BCUT2D eigenvalue weighted by Gasteiger charge is 2.29. The summed E-state index contributed by atoms with van der Waals surface area (Å²) in [5, 5.41) is 11.5. The third-order valence-corrected chi connectivity index (χ3v) is 5.21. The Kier molecular flexibility index (Phi) is 4.43. The molecule has 1 amide bonds. The molecule has 150 valence electrons. The Morgan fingerprint density at radius 1 is 1.07 bits per heavy atom. The number of nitrogens with one attached hydrogen (secondary N) is 1. The minimum absolute atomic E-state index is 0.182. The molecule has 0 spiro atoms. The molecule has 0 atom stereocenters. The summed E-state index contributed by atoms with van der Waals surface area (Å²) in [7, 11) is 0. The van der Waals surface area contributed by atoms with Crippen molar-refractivity contribution < 1.29 is 9.32 Å². The molecule has 2 heterocycles. The topological polar surface area (TPSA) is 85.8 Å². The first kappa shape index (κ1) is 18.3. The average molecular weight is 399 g/mol. The number of benzene rings is 2. The van der Waals surface area contributed by atoms with Gasteiger partial charge in [0.1, 0.15) is 0 Å². The van der Waals surface area contributed by atoms with Crippen LogP contribution < -0.4 is 5.32 Å². The minimum Gasteiger partial charge on any atom is -0.339 e. The lowest BCUT2D eigenvalue weighted by atomic mass is 10.2. The van der Waals surface area contributed by atoms with Gasteiger partial charge in [-0.15, -0.1) is 0 Å². The zero-order chi connectivity index (χ0) is 20.7. The van der Waals surface area contributed by atoms with Gasteiger partial charge in [0.25, 0.3) is 5.91 Å². The number of amides is 1. The van der Waals surface area contributed by atoms with Crippen LogP contribution in [0, 0.1) is 13.8 Å². The van der Waals surface area contributed by atoms with E-state index in [1.807, 2.05) is 62.4 Å². The highest BCUT2D eigenvalue weighted by atomic mass is 16.5. The molecule has 4 aromatic rings. The summed E-state index contributed by atoms with van der Waals surface area (Å²) >= 11 is 0. The summed E-state index contributed by atoms with van der Waals surface area (Å²) in [5.74, 6) is 1.57. The van der Waals surface area contributed by atoms with E-state index in [-0.39, 0.29) is 5.91 Å². The van der Waals surface area contributed by atoms with E-state index in [9.17, 15) is 4.79 Å². The first-order valence-electron chi connectivity index (χ1n) is 9.95. The number of hydrogen-bond acceptors (Lipinski definition) is 5. The van der Waals surface area contributed by atoms with Crippen LogP contribution in [0.4, 0.5) is 5.69 Å². The highest BCUT2D eigenvalue weighted by Crippen LogP contribution is 2.39. The second-order valence-corrected chi connectivity index (χ2v) is 7.67. The van der Waals surface area contributed by atoms with E-state index >= 15 is 0 Å². The Labute approximate surface area is 173 Å². The maximum atomic E-state index is 12.7. The monoisotopic (exact) mass is 399 g/mol. The molecule has 5 rings (SSSR count). The quantitative estimate of drug-likeness (QED) is 0.527. The zero-order valence-corrected chi connectivity index (χ0v) is 16.8. The molecule has 1 saturated carbocycles. The van der Waals surface area contributed by atoms with Gasteiger partial charge in [-0.2, -0.15) is 10.1 Å². The summed E-state index contributed by atoms with van der Waals surface area (Å²) in [6, 6.07) is 15.4. The van der Waals surface area contributed by atoms with Crippen LogP contribution >= 0.6 is 0 Å². The summed E-state index contributed by atoms with van der Waals surface area (Å²) in [5.41, 5.74) is 4.83. The van der Waals surface area contributed by atoms with E-state index in [1.165, 1.54) is 0 Å². The molecule has 0 saturated heterocycles. The van der Waals surface area contributed by atoms with Crippen molar-refractivity contribution in [1.82, 2.24) is 19.9 Å². The smallest absolute Gasteiger partial charge is 0.259 e. The highest BCUT2D eigenvalue weighted by molar-refractivity contribution is 6.04. The van der Waals surface area contributed by atoms with E-state index in [0.717, 1.165) is 41.2 Å². The average Bonchev–Trinajstić information content (AvgIpc) is 3.35. The Morgan fingerprint density at radius 2 is 1.80 bits per heavy atom. The van der Waals surface area contributed by atoms with Crippen molar-refractivity contribution in [3.8, 4) is 17.1 Å². The van der Waals surface area contributed by atoms with Gasteiger partial charge in [0.15, 0.2) is 0 Å². The Bertz CT molecular complexity index is 1200. The number of aromatic nitrogens is 4. The van der Waals surface area contributed by atoms with Crippen LogP contribution in [0.1, 0.15) is 46.3 Å². The largest absolute Gasteiger partial charge is 0.339 e. The summed E-state index contributed by atoms with van der Waals surface area (Å²) in [6.07, 6.45) is 3.99. The van der Waals surface area contributed by atoms with Gasteiger partial charge in [-0.25, -0.2) is 4.68 Å². The molecule has 1 N–H and O–H groups in total. The normalized spacial score (nSPS) is 13.4. The molecule has 0 radical (unpaired) electrons. The van der Waals surface area contributed by atoms with E-state index in [2.05, 4.69) is 20.6 Å². The Morgan fingerprint density at radius 3 is 2.50 bits per heavy atom. The van der Waals surface area contributed by atoms with Gasteiger partial charge in [-0.3, -0.25) is 4.79 Å². The molecule has 7 nitrogen and oxygen atoms in total. The number of carbonyl (C=O) groups excluding carboxylic acids is 1. The molecule has 7 heteroatoms. The van der Waals surface area contributed by atoms with Crippen molar-refractivity contribution >= 4 is 11.6 Å². The third kappa shape index (κ3) is 3.61. The van der Waals surface area contributed by atoms with E-state index in [1.54, 1.807) is 10.9 Å². The maximum Gasteiger partial charge on any atom is 0.259 e. The maximum absolute atomic E-state index is 12.7. The fraction of sp³-hybridized carbons (Fsp3) is 0.217. The fourth-order valence-electron chi connectivity index (χ4n) is 3.26. The standard InChI is InChI=1S/C23H21N5O2/c1-14-3-9-18(10-4-14)24-22(29)20-13-28(26-15(20)2)19-11-7-16(8-12-19)21-25-23(30-27-21)17-5-6-17/h3-4,7-13,17H,5-6H2,1-2H3,(H,24,29). The Balaban J connectivity index is 1.34. The predicted molar refractivity (Wildman–Crippen MR) is 113 cm³/mol. The fourth-order valence-corrected chi connectivity index (χ4v) is 3.26. The molecule has 0 bridgehead atoms. The number of aryl methyl sites for hydroxylation is 2. The van der Waals surface area contributed by atoms with Crippen LogP contribution in [0.5, 0.6) is 0 Å².